The highest BCUT2D eigenvalue weighted by molar-refractivity contribution is 9.10. The van der Waals surface area contributed by atoms with Gasteiger partial charge in [-0.15, -0.1) is 0 Å². The van der Waals surface area contributed by atoms with Gasteiger partial charge >= 0.3 is 0 Å². The van der Waals surface area contributed by atoms with E-state index in [1.165, 1.54) is 10.6 Å². The molecule has 184 valence electrons. The van der Waals surface area contributed by atoms with Crippen LogP contribution in [0, 0.1) is 10.1 Å². The maximum Gasteiger partial charge on any atom is 0.294 e. The van der Waals surface area contributed by atoms with Crippen molar-refractivity contribution in [1.29, 1.82) is 0 Å². The third-order valence-corrected chi connectivity index (χ3v) is 7.02. The number of anilines is 3. The number of benzene rings is 1. The number of ether oxygens (including phenoxy) is 1. The minimum Gasteiger partial charge on any atom is -0.375 e. The van der Waals surface area contributed by atoms with E-state index in [0.29, 0.717) is 28.6 Å². The highest BCUT2D eigenvalue weighted by Gasteiger charge is 2.35. The van der Waals surface area contributed by atoms with Crippen molar-refractivity contribution in [3.8, 4) is 0 Å². The molecule has 34 heavy (non-hydrogen) atoms. The minimum atomic E-state index is -0.367. The largest absolute Gasteiger partial charge is 0.375 e. The van der Waals surface area contributed by atoms with Crippen molar-refractivity contribution in [3.63, 3.8) is 0 Å². The molecule has 0 spiro atoms. The number of halogens is 1. The molecule has 3 unspecified atom stereocenters. The molecule has 0 radical (unpaired) electrons. The molecule has 2 saturated heterocycles. The first-order valence-corrected chi connectivity index (χ1v) is 12.4. The Labute approximate surface area is 207 Å². The summed E-state index contributed by atoms with van der Waals surface area (Å²) < 4.78 is 7.78. The molecular formula is C23H31BrN6O4. The van der Waals surface area contributed by atoms with Gasteiger partial charge in [0.2, 0.25) is 0 Å². The normalized spacial score (nSPS) is 25.9. The van der Waals surface area contributed by atoms with E-state index in [0.717, 1.165) is 25.9 Å². The van der Waals surface area contributed by atoms with Crippen LogP contribution < -0.4 is 15.8 Å². The molecule has 1 N–H and O–H groups in total. The average molecular weight is 535 g/mol. The molecule has 1 aromatic heterocycles. The molecule has 0 aliphatic carbocycles. The maximum atomic E-state index is 12.4. The van der Waals surface area contributed by atoms with Crippen molar-refractivity contribution in [2.75, 3.05) is 29.9 Å². The summed E-state index contributed by atoms with van der Waals surface area (Å²) in [5.74, 6) is 0.0980. The summed E-state index contributed by atoms with van der Waals surface area (Å²) in [6.45, 7) is 8.77. The number of hydrogen-bond donors (Lipinski definition) is 1. The van der Waals surface area contributed by atoms with Gasteiger partial charge in [0.05, 0.1) is 17.1 Å². The number of aromatic nitrogens is 2. The van der Waals surface area contributed by atoms with Crippen molar-refractivity contribution in [2.45, 2.75) is 57.9 Å². The van der Waals surface area contributed by atoms with Crippen molar-refractivity contribution < 1.29 is 9.66 Å². The van der Waals surface area contributed by atoms with Crippen LogP contribution in [-0.2, 0) is 11.8 Å². The van der Waals surface area contributed by atoms with Crippen LogP contribution in [0.5, 0.6) is 0 Å². The molecular weight excluding hydrogens is 504 g/mol. The molecule has 2 aromatic rings. The SMILES string of the molecule is CC1CC(N2CCN(c3ccc(Nc4nc(Br)cn(C)c4=O)cc3[N+](=O)[O-])C(C)C2)CC(C)O1. The molecule has 2 aliphatic rings. The predicted octanol–water partition coefficient (Wildman–Crippen LogP) is 3.66. The van der Waals surface area contributed by atoms with E-state index in [-0.39, 0.29) is 40.2 Å². The van der Waals surface area contributed by atoms with Gasteiger partial charge in [0.15, 0.2) is 5.82 Å². The van der Waals surface area contributed by atoms with Gasteiger partial charge in [-0.2, -0.15) is 0 Å². The third kappa shape index (κ3) is 5.26. The van der Waals surface area contributed by atoms with Crippen molar-refractivity contribution in [1.82, 2.24) is 14.5 Å². The number of nitrogens with one attached hydrogen (secondary N) is 1. The quantitative estimate of drug-likeness (QED) is 0.457. The fourth-order valence-corrected chi connectivity index (χ4v) is 5.61. The van der Waals surface area contributed by atoms with Crippen LogP contribution in [0.15, 0.2) is 33.8 Å². The highest BCUT2D eigenvalue weighted by atomic mass is 79.9. The second-order valence-corrected chi connectivity index (χ2v) is 10.1. The number of rotatable bonds is 5. The van der Waals surface area contributed by atoms with Crippen LogP contribution in [0.4, 0.5) is 22.9 Å². The average Bonchev–Trinajstić information content (AvgIpc) is 2.76. The number of hydrogen-bond acceptors (Lipinski definition) is 8. The molecule has 11 heteroatoms. The summed E-state index contributed by atoms with van der Waals surface area (Å²) in [7, 11) is 1.62. The maximum absolute atomic E-state index is 12.4. The first-order chi connectivity index (χ1) is 16.1. The lowest BCUT2D eigenvalue weighted by molar-refractivity contribution is -0.384. The lowest BCUT2D eigenvalue weighted by atomic mass is 9.96. The van der Waals surface area contributed by atoms with Gasteiger partial charge in [-0.3, -0.25) is 19.8 Å². The van der Waals surface area contributed by atoms with E-state index >= 15 is 0 Å². The van der Waals surface area contributed by atoms with Gasteiger partial charge in [-0.05, 0) is 61.7 Å². The van der Waals surface area contributed by atoms with Crippen LogP contribution >= 0.6 is 15.9 Å². The number of nitrogens with zero attached hydrogens (tertiary/aromatic N) is 5. The molecule has 3 atom stereocenters. The summed E-state index contributed by atoms with van der Waals surface area (Å²) in [5.41, 5.74) is 0.711. The number of nitro benzene ring substituents is 1. The molecule has 2 fully saturated rings. The number of aryl methyl sites for hydroxylation is 1. The Bertz CT molecular complexity index is 1120. The van der Waals surface area contributed by atoms with Crippen molar-refractivity contribution in [2.24, 2.45) is 7.05 Å². The molecule has 4 rings (SSSR count). The molecule has 0 amide bonds. The Kier molecular flexibility index (Phi) is 7.25. The lowest BCUT2D eigenvalue weighted by Gasteiger charge is -2.46. The zero-order chi connectivity index (χ0) is 24.6. The first kappa shape index (κ1) is 24.6. The Morgan fingerprint density at radius 1 is 1.21 bits per heavy atom. The fourth-order valence-electron chi connectivity index (χ4n) is 5.12. The molecule has 3 heterocycles. The van der Waals surface area contributed by atoms with Gasteiger partial charge in [0.1, 0.15) is 10.3 Å². The molecule has 10 nitrogen and oxygen atoms in total. The summed E-state index contributed by atoms with van der Waals surface area (Å²) in [6, 6.07) is 5.58. The van der Waals surface area contributed by atoms with Crippen LogP contribution in [-0.4, -0.2) is 63.3 Å². The minimum absolute atomic E-state index is 0.00503. The van der Waals surface area contributed by atoms with Gasteiger partial charge in [-0.25, -0.2) is 4.98 Å². The molecule has 0 bridgehead atoms. The Morgan fingerprint density at radius 3 is 2.56 bits per heavy atom. The smallest absolute Gasteiger partial charge is 0.294 e. The van der Waals surface area contributed by atoms with Crippen LogP contribution in [0.25, 0.3) is 0 Å². The van der Waals surface area contributed by atoms with Crippen molar-refractivity contribution >= 4 is 38.8 Å². The topological polar surface area (TPSA) is 106 Å². The monoisotopic (exact) mass is 534 g/mol. The zero-order valence-electron chi connectivity index (χ0n) is 19.9. The second-order valence-electron chi connectivity index (χ2n) is 9.33. The standard InChI is InChI=1S/C23H31BrN6O4/c1-14-12-28(18-9-15(2)34-16(3)10-18)7-8-29(14)19-6-5-17(11-20(19)30(32)33)25-22-23(31)27(4)13-21(24)26-22/h5-6,11,13-16,18H,7-10,12H2,1-4H3,(H,25,26). The van der Waals surface area contributed by atoms with Crippen molar-refractivity contribution in [3.05, 3.63) is 49.5 Å². The van der Waals surface area contributed by atoms with E-state index in [1.807, 2.05) is 0 Å². The highest BCUT2D eigenvalue weighted by Crippen LogP contribution is 2.35. The number of nitro groups is 1. The van der Waals surface area contributed by atoms with Crippen LogP contribution in [0.3, 0.4) is 0 Å². The zero-order valence-corrected chi connectivity index (χ0v) is 21.5. The fraction of sp³-hybridized carbons (Fsp3) is 0.565. The van der Waals surface area contributed by atoms with Crippen LogP contribution in [0.2, 0.25) is 0 Å². The van der Waals surface area contributed by atoms with Gasteiger partial charge in [0.25, 0.3) is 11.2 Å². The van der Waals surface area contributed by atoms with E-state index in [1.54, 1.807) is 25.4 Å². The summed E-state index contributed by atoms with van der Waals surface area (Å²) in [5, 5.41) is 14.9. The van der Waals surface area contributed by atoms with E-state index < -0.39 is 0 Å². The molecule has 2 aliphatic heterocycles. The van der Waals surface area contributed by atoms with E-state index in [2.05, 4.69) is 56.8 Å². The second kappa shape index (κ2) is 10.0. The summed E-state index contributed by atoms with van der Waals surface area (Å²) >= 11 is 3.27. The molecule has 0 saturated carbocycles. The van der Waals surface area contributed by atoms with E-state index in [4.69, 9.17) is 4.74 Å². The third-order valence-electron chi connectivity index (χ3n) is 6.63. The van der Waals surface area contributed by atoms with Crippen LogP contribution in [0.1, 0.15) is 33.6 Å². The Morgan fingerprint density at radius 2 is 1.91 bits per heavy atom. The predicted molar refractivity (Wildman–Crippen MR) is 135 cm³/mol. The number of piperazine rings is 1. The van der Waals surface area contributed by atoms with Gasteiger partial charge in [0, 0.05) is 56.7 Å². The Balaban J connectivity index is 1.53. The summed E-state index contributed by atoms with van der Waals surface area (Å²) in [4.78, 5) is 32.8. The van der Waals surface area contributed by atoms with Gasteiger partial charge < -0.3 is 19.5 Å². The van der Waals surface area contributed by atoms with E-state index in [9.17, 15) is 14.9 Å². The first-order valence-electron chi connectivity index (χ1n) is 11.6. The lowest BCUT2D eigenvalue weighted by Crippen LogP contribution is -2.57. The summed E-state index contributed by atoms with van der Waals surface area (Å²) in [6.07, 6.45) is 4.09. The molecule has 1 aromatic carbocycles. The Hall–Kier alpha value is -2.50. The van der Waals surface area contributed by atoms with Gasteiger partial charge in [-0.1, -0.05) is 0 Å².